The van der Waals surface area contributed by atoms with Crippen LogP contribution in [0.2, 0.25) is 0 Å². The fourth-order valence-electron chi connectivity index (χ4n) is 2.31. The third-order valence-electron chi connectivity index (χ3n) is 3.69. The number of hydrogen-bond donors (Lipinski definition) is 2. The van der Waals surface area contributed by atoms with Crippen molar-refractivity contribution >= 4 is 5.96 Å². The van der Waals surface area contributed by atoms with Gasteiger partial charge in [-0.15, -0.1) is 0 Å². The van der Waals surface area contributed by atoms with E-state index in [2.05, 4.69) is 22.5 Å². The van der Waals surface area contributed by atoms with Gasteiger partial charge in [-0.2, -0.15) is 0 Å². The minimum absolute atomic E-state index is 0.0639. The SMILES string of the molecule is CCNC(=NCC(C)Oc1ccccc1OC)NCCCCOCCOC. The quantitative estimate of drug-likeness (QED) is 0.293. The highest BCUT2D eigenvalue weighted by Crippen LogP contribution is 2.26. The van der Waals surface area contributed by atoms with E-state index in [-0.39, 0.29) is 6.10 Å². The average molecular weight is 382 g/mol. The van der Waals surface area contributed by atoms with Gasteiger partial charge in [0.2, 0.25) is 0 Å². The number of nitrogens with zero attached hydrogens (tertiary/aromatic N) is 1. The van der Waals surface area contributed by atoms with Crippen molar-refractivity contribution in [2.45, 2.75) is 32.8 Å². The molecular weight excluding hydrogens is 346 g/mol. The molecule has 0 spiro atoms. The van der Waals surface area contributed by atoms with Crippen LogP contribution in [0.1, 0.15) is 26.7 Å². The molecule has 1 aromatic carbocycles. The van der Waals surface area contributed by atoms with Gasteiger partial charge in [-0.1, -0.05) is 12.1 Å². The van der Waals surface area contributed by atoms with Crippen LogP contribution in [0.4, 0.5) is 0 Å². The summed E-state index contributed by atoms with van der Waals surface area (Å²) in [6.45, 7) is 8.31. The maximum atomic E-state index is 5.94. The van der Waals surface area contributed by atoms with Gasteiger partial charge in [0.25, 0.3) is 0 Å². The third-order valence-corrected chi connectivity index (χ3v) is 3.69. The van der Waals surface area contributed by atoms with Gasteiger partial charge in [0.15, 0.2) is 17.5 Å². The van der Waals surface area contributed by atoms with Crippen molar-refractivity contribution < 1.29 is 18.9 Å². The van der Waals surface area contributed by atoms with Crippen LogP contribution in [-0.4, -0.2) is 65.7 Å². The fourth-order valence-corrected chi connectivity index (χ4v) is 2.31. The van der Waals surface area contributed by atoms with Gasteiger partial charge in [0.05, 0.1) is 26.9 Å². The second-order valence-corrected chi connectivity index (χ2v) is 6.04. The predicted octanol–water partition coefficient (Wildman–Crippen LogP) is 2.46. The summed E-state index contributed by atoms with van der Waals surface area (Å²) in [5.74, 6) is 2.26. The van der Waals surface area contributed by atoms with E-state index in [0.717, 1.165) is 50.0 Å². The molecule has 0 aliphatic heterocycles. The van der Waals surface area contributed by atoms with Gasteiger partial charge in [-0.25, -0.2) is 4.99 Å². The maximum absolute atomic E-state index is 5.94. The van der Waals surface area contributed by atoms with Gasteiger partial charge in [0, 0.05) is 26.8 Å². The Labute approximate surface area is 163 Å². The topological polar surface area (TPSA) is 73.3 Å². The molecule has 0 bridgehead atoms. The number of ether oxygens (including phenoxy) is 4. The van der Waals surface area contributed by atoms with Crippen LogP contribution >= 0.6 is 0 Å². The van der Waals surface area contributed by atoms with Gasteiger partial charge < -0.3 is 29.6 Å². The van der Waals surface area contributed by atoms with E-state index in [0.29, 0.717) is 19.8 Å². The lowest BCUT2D eigenvalue weighted by molar-refractivity contribution is 0.0689. The molecule has 7 heteroatoms. The molecule has 1 unspecified atom stereocenters. The Morgan fingerprint density at radius 1 is 1.04 bits per heavy atom. The van der Waals surface area contributed by atoms with Crippen molar-refractivity contribution in [3.63, 3.8) is 0 Å². The van der Waals surface area contributed by atoms with Crippen molar-refractivity contribution in [3.8, 4) is 11.5 Å². The van der Waals surface area contributed by atoms with Crippen molar-refractivity contribution in [2.24, 2.45) is 4.99 Å². The van der Waals surface area contributed by atoms with Crippen LogP contribution in [0.25, 0.3) is 0 Å². The fraction of sp³-hybridized carbons (Fsp3) is 0.650. The first-order valence-corrected chi connectivity index (χ1v) is 9.59. The number of aliphatic imine (C=N–C) groups is 1. The average Bonchev–Trinajstić information content (AvgIpc) is 2.68. The Bertz CT molecular complexity index is 526. The molecule has 0 saturated heterocycles. The second-order valence-electron chi connectivity index (χ2n) is 6.04. The number of unbranched alkanes of at least 4 members (excludes halogenated alkanes) is 1. The van der Waals surface area contributed by atoms with Crippen LogP contribution in [-0.2, 0) is 9.47 Å². The Hall–Kier alpha value is -1.99. The summed E-state index contributed by atoms with van der Waals surface area (Å²) in [5, 5.41) is 6.60. The Kier molecular flexibility index (Phi) is 12.9. The smallest absolute Gasteiger partial charge is 0.191 e. The van der Waals surface area contributed by atoms with Crippen molar-refractivity contribution in [3.05, 3.63) is 24.3 Å². The first-order valence-electron chi connectivity index (χ1n) is 9.59. The number of methoxy groups -OCH3 is 2. The van der Waals surface area contributed by atoms with E-state index in [1.165, 1.54) is 0 Å². The number of benzene rings is 1. The summed E-state index contributed by atoms with van der Waals surface area (Å²) in [5.41, 5.74) is 0. The van der Waals surface area contributed by atoms with Gasteiger partial charge >= 0.3 is 0 Å². The van der Waals surface area contributed by atoms with Gasteiger partial charge in [-0.3, -0.25) is 0 Å². The first kappa shape index (κ1) is 23.0. The molecule has 0 aliphatic carbocycles. The normalized spacial score (nSPS) is 12.5. The Morgan fingerprint density at radius 2 is 1.81 bits per heavy atom. The molecule has 0 saturated carbocycles. The lowest BCUT2D eigenvalue weighted by Gasteiger charge is -2.16. The van der Waals surface area contributed by atoms with E-state index >= 15 is 0 Å². The van der Waals surface area contributed by atoms with Crippen LogP contribution < -0.4 is 20.1 Å². The minimum Gasteiger partial charge on any atom is -0.493 e. The molecule has 0 fully saturated rings. The monoisotopic (exact) mass is 381 g/mol. The zero-order chi connectivity index (χ0) is 19.7. The minimum atomic E-state index is -0.0639. The molecule has 0 amide bonds. The van der Waals surface area contributed by atoms with E-state index in [4.69, 9.17) is 18.9 Å². The molecule has 154 valence electrons. The number of hydrogen-bond acceptors (Lipinski definition) is 5. The number of nitrogens with one attached hydrogen (secondary N) is 2. The highest BCUT2D eigenvalue weighted by molar-refractivity contribution is 5.79. The van der Waals surface area contributed by atoms with Crippen LogP contribution in [0.5, 0.6) is 11.5 Å². The van der Waals surface area contributed by atoms with E-state index in [1.54, 1.807) is 14.2 Å². The summed E-state index contributed by atoms with van der Waals surface area (Å²) in [7, 11) is 3.32. The van der Waals surface area contributed by atoms with E-state index in [9.17, 15) is 0 Å². The van der Waals surface area contributed by atoms with Crippen molar-refractivity contribution in [2.75, 3.05) is 53.7 Å². The summed E-state index contributed by atoms with van der Waals surface area (Å²) in [6.07, 6.45) is 1.96. The van der Waals surface area contributed by atoms with Crippen LogP contribution in [0, 0.1) is 0 Å². The molecule has 1 aromatic rings. The molecule has 0 radical (unpaired) electrons. The number of rotatable bonds is 14. The van der Waals surface area contributed by atoms with E-state index in [1.807, 2.05) is 31.2 Å². The Balaban J connectivity index is 2.33. The zero-order valence-corrected chi connectivity index (χ0v) is 17.1. The number of para-hydroxylation sites is 2. The van der Waals surface area contributed by atoms with Crippen LogP contribution in [0.3, 0.4) is 0 Å². The maximum Gasteiger partial charge on any atom is 0.191 e. The Morgan fingerprint density at radius 3 is 2.52 bits per heavy atom. The predicted molar refractivity (Wildman–Crippen MR) is 109 cm³/mol. The highest BCUT2D eigenvalue weighted by atomic mass is 16.5. The molecule has 1 rings (SSSR count). The lowest BCUT2D eigenvalue weighted by Crippen LogP contribution is -2.38. The molecule has 27 heavy (non-hydrogen) atoms. The third kappa shape index (κ3) is 10.7. The first-order chi connectivity index (χ1) is 13.2. The summed E-state index contributed by atoms with van der Waals surface area (Å²) >= 11 is 0. The molecule has 0 heterocycles. The molecular formula is C20H35N3O4. The standard InChI is InChI=1S/C20H35N3O4/c1-5-21-20(22-12-8-9-13-26-15-14-24-3)23-16-17(2)27-19-11-7-6-10-18(19)25-4/h6-7,10-11,17H,5,8-9,12-16H2,1-4H3,(H2,21,22,23). The molecule has 7 nitrogen and oxygen atoms in total. The summed E-state index contributed by atoms with van der Waals surface area (Å²) in [4.78, 5) is 4.60. The van der Waals surface area contributed by atoms with Gasteiger partial charge in [-0.05, 0) is 38.8 Å². The van der Waals surface area contributed by atoms with Crippen molar-refractivity contribution in [1.29, 1.82) is 0 Å². The van der Waals surface area contributed by atoms with E-state index < -0.39 is 0 Å². The highest BCUT2D eigenvalue weighted by Gasteiger charge is 2.08. The molecule has 0 aliphatic rings. The van der Waals surface area contributed by atoms with Crippen molar-refractivity contribution in [1.82, 2.24) is 10.6 Å². The molecule has 1 atom stereocenters. The summed E-state index contributed by atoms with van der Waals surface area (Å²) in [6, 6.07) is 7.63. The van der Waals surface area contributed by atoms with Crippen LogP contribution in [0.15, 0.2) is 29.3 Å². The number of guanidine groups is 1. The molecule has 2 N–H and O–H groups in total. The zero-order valence-electron chi connectivity index (χ0n) is 17.1. The molecule has 0 aromatic heterocycles. The second kappa shape index (κ2) is 15.1. The lowest BCUT2D eigenvalue weighted by atomic mass is 10.3. The largest absolute Gasteiger partial charge is 0.493 e. The summed E-state index contributed by atoms with van der Waals surface area (Å²) < 4.78 is 21.7. The van der Waals surface area contributed by atoms with Gasteiger partial charge in [0.1, 0.15) is 6.10 Å².